The van der Waals surface area contributed by atoms with Gasteiger partial charge in [0.1, 0.15) is 0 Å². The van der Waals surface area contributed by atoms with Crippen LogP contribution >= 0.6 is 0 Å². The number of rotatable bonds is 4. The van der Waals surface area contributed by atoms with Crippen molar-refractivity contribution in [1.82, 2.24) is 24.3 Å². The minimum atomic E-state index is -0.406. The Hall–Kier alpha value is -4.33. The van der Waals surface area contributed by atoms with Crippen molar-refractivity contribution in [2.75, 3.05) is 5.43 Å². The lowest BCUT2D eigenvalue weighted by Crippen LogP contribution is -2.33. The summed E-state index contributed by atoms with van der Waals surface area (Å²) in [5.74, 6) is -0.406. The van der Waals surface area contributed by atoms with Gasteiger partial charge in [0.25, 0.3) is 11.5 Å². The molecule has 0 unspecified atom stereocenters. The molecule has 0 bridgehead atoms. The summed E-state index contributed by atoms with van der Waals surface area (Å²) in [6.45, 7) is 2.04. The number of aryl methyl sites for hydroxylation is 1. The van der Waals surface area contributed by atoms with Crippen LogP contribution < -0.4 is 11.0 Å². The summed E-state index contributed by atoms with van der Waals surface area (Å²) in [6.07, 6.45) is 6.83. The molecule has 4 aromatic heterocycles. The third-order valence-corrected chi connectivity index (χ3v) is 5.15. The van der Waals surface area contributed by atoms with Gasteiger partial charge in [0.2, 0.25) is 0 Å². The molecule has 1 N–H and O–H groups in total. The van der Waals surface area contributed by atoms with Gasteiger partial charge in [-0.15, -0.1) is 0 Å². The van der Waals surface area contributed by atoms with Crippen molar-refractivity contribution < 1.29 is 4.79 Å². The Kier molecular flexibility index (Phi) is 4.51. The fraction of sp³-hybridized carbons (Fsp3) is 0.0870. The van der Waals surface area contributed by atoms with E-state index in [9.17, 15) is 9.59 Å². The number of carbonyl (C=O) groups is 1. The Bertz CT molecular complexity index is 1470. The Morgan fingerprint density at radius 2 is 1.84 bits per heavy atom. The van der Waals surface area contributed by atoms with Crippen molar-refractivity contribution in [2.45, 2.75) is 13.3 Å². The maximum atomic E-state index is 13.0. The maximum Gasteiger partial charge on any atom is 0.280 e. The van der Waals surface area contributed by atoms with Crippen LogP contribution in [-0.4, -0.2) is 30.2 Å². The second-order valence-corrected chi connectivity index (χ2v) is 7.00. The molecule has 5 rings (SSSR count). The van der Waals surface area contributed by atoms with E-state index >= 15 is 0 Å². The number of nitrogens with zero attached hydrogens (tertiary/aromatic N) is 5. The van der Waals surface area contributed by atoms with Gasteiger partial charge in [0.05, 0.1) is 16.6 Å². The Balaban J connectivity index is 1.64. The quantitative estimate of drug-likeness (QED) is 0.491. The fourth-order valence-corrected chi connectivity index (χ4v) is 3.63. The van der Waals surface area contributed by atoms with Gasteiger partial charge in [-0.05, 0) is 30.2 Å². The van der Waals surface area contributed by atoms with Gasteiger partial charge in [-0.25, -0.2) is 14.2 Å². The van der Waals surface area contributed by atoms with Gasteiger partial charge < -0.3 is 0 Å². The minimum absolute atomic E-state index is 0.356. The van der Waals surface area contributed by atoms with E-state index in [2.05, 4.69) is 15.4 Å². The average molecular weight is 410 g/mol. The molecule has 0 saturated carbocycles. The van der Waals surface area contributed by atoms with Crippen molar-refractivity contribution in [3.8, 4) is 11.1 Å². The van der Waals surface area contributed by atoms with Crippen molar-refractivity contribution >= 4 is 22.5 Å². The fourth-order valence-electron chi connectivity index (χ4n) is 3.63. The number of aromatic nitrogens is 5. The topological polar surface area (TPSA) is 94.2 Å². The molecule has 1 aromatic carbocycles. The number of benzene rings is 1. The molecule has 0 saturated heterocycles. The van der Waals surface area contributed by atoms with Gasteiger partial charge in [-0.3, -0.25) is 20.0 Å². The Morgan fingerprint density at radius 3 is 2.58 bits per heavy atom. The van der Waals surface area contributed by atoms with Crippen LogP contribution in [0.15, 0.2) is 78.1 Å². The van der Waals surface area contributed by atoms with E-state index < -0.39 is 5.91 Å². The highest BCUT2D eigenvalue weighted by atomic mass is 16.2. The lowest BCUT2D eigenvalue weighted by atomic mass is 10.0. The smallest absolute Gasteiger partial charge is 0.267 e. The van der Waals surface area contributed by atoms with Crippen LogP contribution in [0.5, 0.6) is 0 Å². The van der Waals surface area contributed by atoms with Gasteiger partial charge >= 0.3 is 0 Å². The van der Waals surface area contributed by atoms with Crippen LogP contribution in [-0.2, 0) is 6.42 Å². The first-order chi connectivity index (χ1) is 15.2. The highest BCUT2D eigenvalue weighted by Crippen LogP contribution is 2.29. The molecular formula is C23H18N6O2. The third-order valence-electron chi connectivity index (χ3n) is 5.15. The number of nitrogens with one attached hydrogen (secondary N) is 1. The van der Waals surface area contributed by atoms with E-state index in [1.807, 2.05) is 37.3 Å². The molecule has 5 aromatic rings. The second kappa shape index (κ2) is 7.49. The molecule has 1 amide bonds. The minimum Gasteiger partial charge on any atom is -0.267 e. The molecular weight excluding hydrogens is 392 g/mol. The van der Waals surface area contributed by atoms with E-state index in [4.69, 9.17) is 5.10 Å². The summed E-state index contributed by atoms with van der Waals surface area (Å²) in [5.41, 5.74) is 6.82. The van der Waals surface area contributed by atoms with Crippen LogP contribution in [0.4, 0.5) is 0 Å². The number of hydrogen-bond donors (Lipinski definition) is 1. The molecule has 8 nitrogen and oxygen atoms in total. The molecule has 0 fully saturated rings. The predicted molar refractivity (Wildman–Crippen MR) is 117 cm³/mol. The van der Waals surface area contributed by atoms with Crippen molar-refractivity contribution in [2.24, 2.45) is 0 Å². The molecule has 152 valence electrons. The number of pyridine rings is 2. The number of carbonyl (C=O) groups excluding carboxylic acids is 1. The number of hydrogen-bond acceptors (Lipinski definition) is 5. The standard InChI is InChI=1S/C23H18N6O2/c1-2-18-20(15-6-4-3-5-7-15)21-25-14-17-19(29(21)26-18)10-13-28(23(17)31)27-22(30)16-8-11-24-12-9-16/h3-14H,2H2,1H3,(H,27,30). The molecule has 0 aliphatic carbocycles. The van der Waals surface area contributed by atoms with Crippen molar-refractivity contribution in [3.05, 3.63) is 94.9 Å². The van der Waals surface area contributed by atoms with Crippen LogP contribution in [0.25, 0.3) is 27.7 Å². The zero-order chi connectivity index (χ0) is 21.4. The lowest BCUT2D eigenvalue weighted by molar-refractivity contribution is 0.101. The summed E-state index contributed by atoms with van der Waals surface area (Å²) in [5, 5.41) is 5.08. The summed E-state index contributed by atoms with van der Waals surface area (Å²) in [7, 11) is 0. The summed E-state index contributed by atoms with van der Waals surface area (Å²) in [4.78, 5) is 33.9. The van der Waals surface area contributed by atoms with Crippen LogP contribution in [0.1, 0.15) is 23.0 Å². The highest BCUT2D eigenvalue weighted by molar-refractivity contribution is 6.00. The molecule has 0 aliphatic heterocycles. The molecule has 0 spiro atoms. The first-order valence-electron chi connectivity index (χ1n) is 9.86. The summed E-state index contributed by atoms with van der Waals surface area (Å²) < 4.78 is 2.86. The van der Waals surface area contributed by atoms with Crippen LogP contribution in [0.3, 0.4) is 0 Å². The van der Waals surface area contributed by atoms with Crippen molar-refractivity contribution in [3.63, 3.8) is 0 Å². The molecule has 4 heterocycles. The highest BCUT2D eigenvalue weighted by Gasteiger charge is 2.18. The monoisotopic (exact) mass is 410 g/mol. The third kappa shape index (κ3) is 3.14. The molecule has 0 atom stereocenters. The average Bonchev–Trinajstić information content (AvgIpc) is 3.21. The van der Waals surface area contributed by atoms with E-state index in [-0.39, 0.29) is 5.56 Å². The Morgan fingerprint density at radius 1 is 1.06 bits per heavy atom. The molecule has 8 heteroatoms. The van der Waals surface area contributed by atoms with Gasteiger partial charge in [0, 0.05) is 35.9 Å². The first kappa shape index (κ1) is 18.7. The van der Waals surface area contributed by atoms with Crippen molar-refractivity contribution in [1.29, 1.82) is 0 Å². The van der Waals surface area contributed by atoms with E-state index in [0.717, 1.165) is 27.9 Å². The normalized spacial score (nSPS) is 11.1. The first-order valence-corrected chi connectivity index (χ1v) is 9.86. The number of fused-ring (bicyclic) bond motifs is 3. The summed E-state index contributed by atoms with van der Waals surface area (Å²) >= 11 is 0. The van der Waals surface area contributed by atoms with Gasteiger partial charge in [0.15, 0.2) is 5.65 Å². The summed E-state index contributed by atoms with van der Waals surface area (Å²) in [6, 6.07) is 14.9. The SMILES string of the molecule is CCc1nn2c(ncc3c(=O)n(NC(=O)c4ccncc4)ccc32)c1-c1ccccc1. The maximum absolute atomic E-state index is 13.0. The lowest BCUT2D eigenvalue weighted by Gasteiger charge is -2.09. The zero-order valence-corrected chi connectivity index (χ0v) is 16.7. The van der Waals surface area contributed by atoms with E-state index in [0.29, 0.717) is 22.1 Å². The Labute approximate surface area is 176 Å². The van der Waals surface area contributed by atoms with Gasteiger partial charge in [-0.2, -0.15) is 5.10 Å². The molecule has 31 heavy (non-hydrogen) atoms. The number of amides is 1. The predicted octanol–water partition coefficient (Wildman–Crippen LogP) is 3.05. The van der Waals surface area contributed by atoms with Crippen LogP contribution in [0.2, 0.25) is 0 Å². The largest absolute Gasteiger partial charge is 0.280 e. The zero-order valence-electron chi connectivity index (χ0n) is 16.7. The van der Waals surface area contributed by atoms with Gasteiger partial charge in [-0.1, -0.05) is 37.3 Å². The van der Waals surface area contributed by atoms with Crippen LogP contribution in [0, 0.1) is 0 Å². The second-order valence-electron chi connectivity index (χ2n) is 7.00. The molecule has 0 aliphatic rings. The van der Waals surface area contributed by atoms with E-state index in [1.54, 1.807) is 22.7 Å². The molecule has 0 radical (unpaired) electrons. The van der Waals surface area contributed by atoms with E-state index in [1.165, 1.54) is 24.8 Å².